The van der Waals surface area contributed by atoms with Crippen molar-refractivity contribution in [3.05, 3.63) is 58.1 Å². The number of para-hydroxylation sites is 1. The van der Waals surface area contributed by atoms with E-state index < -0.39 is 6.10 Å². The van der Waals surface area contributed by atoms with E-state index in [2.05, 4.69) is 21.2 Å². The minimum Gasteiger partial charge on any atom is -0.480 e. The van der Waals surface area contributed by atoms with Crippen molar-refractivity contribution in [1.29, 1.82) is 0 Å². The fraction of sp³-hybridized carbons (Fsp3) is 0.188. The lowest BCUT2D eigenvalue weighted by molar-refractivity contribution is -0.122. The summed E-state index contributed by atoms with van der Waals surface area (Å²) in [5, 5.41) is 2.90. The zero-order chi connectivity index (χ0) is 14.1. The fourth-order valence-corrected chi connectivity index (χ4v) is 2.86. The second kappa shape index (κ2) is 5.29. The predicted octanol–water partition coefficient (Wildman–Crippen LogP) is 3.70. The number of nitrogens with one attached hydrogen (secondary N) is 1. The number of halogens is 1. The van der Waals surface area contributed by atoms with Crippen LogP contribution in [-0.4, -0.2) is 12.0 Å². The van der Waals surface area contributed by atoms with E-state index >= 15 is 0 Å². The summed E-state index contributed by atoms with van der Waals surface area (Å²) in [6.07, 6.45) is 0.159. The van der Waals surface area contributed by atoms with Crippen molar-refractivity contribution in [2.75, 3.05) is 5.32 Å². The minimum atomic E-state index is -0.458. The van der Waals surface area contributed by atoms with E-state index in [0.29, 0.717) is 6.42 Å². The largest absolute Gasteiger partial charge is 0.480 e. The number of rotatable bonds is 2. The first-order valence-electron chi connectivity index (χ1n) is 6.45. The maximum atomic E-state index is 12.3. The summed E-state index contributed by atoms with van der Waals surface area (Å²) < 4.78 is 6.55. The number of carbonyl (C=O) groups excluding carboxylic acids is 1. The van der Waals surface area contributed by atoms with Crippen LogP contribution in [0.25, 0.3) is 0 Å². The molecule has 0 fully saturated rings. The van der Waals surface area contributed by atoms with Gasteiger partial charge in [0.1, 0.15) is 5.75 Å². The van der Waals surface area contributed by atoms with Gasteiger partial charge in [-0.2, -0.15) is 0 Å². The number of hydrogen-bond donors (Lipinski definition) is 1. The highest BCUT2D eigenvalue weighted by atomic mass is 79.9. The van der Waals surface area contributed by atoms with Gasteiger partial charge in [0, 0.05) is 10.9 Å². The van der Waals surface area contributed by atoms with Gasteiger partial charge in [0.15, 0.2) is 6.10 Å². The molecule has 0 aromatic heterocycles. The Hall–Kier alpha value is -1.81. The maximum absolute atomic E-state index is 12.3. The van der Waals surface area contributed by atoms with E-state index in [1.54, 1.807) is 0 Å². The highest BCUT2D eigenvalue weighted by Crippen LogP contribution is 2.29. The number of carbonyl (C=O) groups is 1. The lowest BCUT2D eigenvalue weighted by atomic mass is 10.1. The van der Waals surface area contributed by atoms with Crippen LogP contribution in [0.1, 0.15) is 11.1 Å². The quantitative estimate of drug-likeness (QED) is 0.911. The Balaban J connectivity index is 1.72. The number of fused-ring (bicyclic) bond motifs is 1. The summed E-state index contributed by atoms with van der Waals surface area (Å²) in [5.74, 6) is 0.682. The third-order valence-corrected chi connectivity index (χ3v) is 3.98. The fourth-order valence-electron chi connectivity index (χ4n) is 2.26. The molecule has 1 aliphatic heterocycles. The van der Waals surface area contributed by atoms with Crippen LogP contribution in [0, 0.1) is 6.92 Å². The van der Waals surface area contributed by atoms with Gasteiger partial charge in [-0.25, -0.2) is 0 Å². The first kappa shape index (κ1) is 13.2. The molecule has 1 amide bonds. The standard InChI is InChI=1S/C16H14BrNO2/c1-10-6-7-13(12(17)8-10)18-16(19)15-9-11-4-2-3-5-14(11)20-15/h2-8,15H,9H2,1H3,(H,18,19)/t15-/m1/s1. The predicted molar refractivity (Wildman–Crippen MR) is 82.1 cm³/mol. The number of benzene rings is 2. The first-order chi connectivity index (χ1) is 9.63. The molecule has 1 heterocycles. The van der Waals surface area contributed by atoms with Gasteiger partial charge in [-0.15, -0.1) is 0 Å². The number of anilines is 1. The molecule has 1 aliphatic rings. The Morgan fingerprint density at radius 2 is 2.10 bits per heavy atom. The van der Waals surface area contributed by atoms with Crippen LogP contribution >= 0.6 is 15.9 Å². The van der Waals surface area contributed by atoms with Crippen LogP contribution in [0.5, 0.6) is 5.75 Å². The van der Waals surface area contributed by atoms with Crippen LogP contribution in [0.4, 0.5) is 5.69 Å². The number of amides is 1. The Labute approximate surface area is 126 Å². The Morgan fingerprint density at radius 1 is 1.30 bits per heavy atom. The van der Waals surface area contributed by atoms with E-state index in [0.717, 1.165) is 27.0 Å². The second-order valence-corrected chi connectivity index (χ2v) is 5.75. The van der Waals surface area contributed by atoms with Crippen molar-refractivity contribution in [2.24, 2.45) is 0 Å². The molecule has 1 atom stereocenters. The molecule has 0 unspecified atom stereocenters. The van der Waals surface area contributed by atoms with Gasteiger partial charge in [-0.3, -0.25) is 4.79 Å². The monoisotopic (exact) mass is 331 g/mol. The van der Waals surface area contributed by atoms with Crippen molar-refractivity contribution >= 4 is 27.5 Å². The topological polar surface area (TPSA) is 38.3 Å². The average Bonchev–Trinajstić information content (AvgIpc) is 2.86. The van der Waals surface area contributed by atoms with Gasteiger partial charge >= 0.3 is 0 Å². The lowest BCUT2D eigenvalue weighted by Crippen LogP contribution is -2.31. The maximum Gasteiger partial charge on any atom is 0.265 e. The highest BCUT2D eigenvalue weighted by Gasteiger charge is 2.28. The van der Waals surface area contributed by atoms with Gasteiger partial charge in [-0.1, -0.05) is 24.3 Å². The summed E-state index contributed by atoms with van der Waals surface area (Å²) in [5.41, 5.74) is 2.98. The normalized spacial score (nSPS) is 16.4. The van der Waals surface area contributed by atoms with Crippen LogP contribution in [0.3, 0.4) is 0 Å². The zero-order valence-electron chi connectivity index (χ0n) is 11.0. The third kappa shape index (κ3) is 2.56. The molecule has 2 aromatic rings. The van der Waals surface area contributed by atoms with Crippen molar-refractivity contribution in [2.45, 2.75) is 19.4 Å². The van der Waals surface area contributed by atoms with Crippen molar-refractivity contribution in [1.82, 2.24) is 0 Å². The van der Waals surface area contributed by atoms with Crippen LogP contribution in [0.15, 0.2) is 46.9 Å². The van der Waals surface area contributed by atoms with E-state index in [-0.39, 0.29) is 5.91 Å². The van der Waals surface area contributed by atoms with E-state index in [9.17, 15) is 4.79 Å². The van der Waals surface area contributed by atoms with Crippen LogP contribution in [0.2, 0.25) is 0 Å². The van der Waals surface area contributed by atoms with E-state index in [1.165, 1.54) is 0 Å². The molecule has 0 aliphatic carbocycles. The summed E-state index contributed by atoms with van der Waals surface area (Å²) >= 11 is 3.46. The molecule has 102 valence electrons. The van der Waals surface area contributed by atoms with Gasteiger partial charge in [0.25, 0.3) is 5.91 Å². The summed E-state index contributed by atoms with van der Waals surface area (Å²) in [6, 6.07) is 13.6. The third-order valence-electron chi connectivity index (χ3n) is 3.32. The van der Waals surface area contributed by atoms with Gasteiger partial charge in [-0.05, 0) is 52.2 Å². The molecule has 0 spiro atoms. The summed E-state index contributed by atoms with van der Waals surface area (Å²) in [4.78, 5) is 12.3. The number of hydrogen-bond acceptors (Lipinski definition) is 2. The van der Waals surface area contributed by atoms with Crippen molar-refractivity contribution < 1.29 is 9.53 Å². The summed E-state index contributed by atoms with van der Waals surface area (Å²) in [6.45, 7) is 2.01. The van der Waals surface area contributed by atoms with Crippen LogP contribution < -0.4 is 10.1 Å². The van der Waals surface area contributed by atoms with Gasteiger partial charge in [0.2, 0.25) is 0 Å². The highest BCUT2D eigenvalue weighted by molar-refractivity contribution is 9.10. The van der Waals surface area contributed by atoms with Crippen molar-refractivity contribution in [3.63, 3.8) is 0 Å². The van der Waals surface area contributed by atoms with Crippen molar-refractivity contribution in [3.8, 4) is 5.75 Å². The molecule has 20 heavy (non-hydrogen) atoms. The zero-order valence-corrected chi connectivity index (χ0v) is 12.6. The molecule has 0 saturated carbocycles. The molecule has 0 bridgehead atoms. The molecule has 0 radical (unpaired) electrons. The SMILES string of the molecule is Cc1ccc(NC(=O)[C@H]2Cc3ccccc3O2)c(Br)c1. The second-order valence-electron chi connectivity index (χ2n) is 4.89. The molecule has 4 heteroatoms. The Bertz CT molecular complexity index is 644. The van der Waals surface area contributed by atoms with Gasteiger partial charge in [0.05, 0.1) is 5.69 Å². The smallest absolute Gasteiger partial charge is 0.265 e. The Kier molecular flexibility index (Phi) is 3.49. The number of ether oxygens (including phenoxy) is 1. The molecule has 3 nitrogen and oxygen atoms in total. The Morgan fingerprint density at radius 3 is 2.85 bits per heavy atom. The molecule has 1 N–H and O–H groups in total. The van der Waals surface area contributed by atoms with E-state index in [1.807, 2.05) is 49.4 Å². The van der Waals surface area contributed by atoms with Crippen LogP contribution in [-0.2, 0) is 11.2 Å². The van der Waals surface area contributed by atoms with E-state index in [4.69, 9.17) is 4.74 Å². The number of aryl methyl sites for hydroxylation is 1. The molecular formula is C16H14BrNO2. The minimum absolute atomic E-state index is 0.120. The van der Waals surface area contributed by atoms with Gasteiger partial charge < -0.3 is 10.1 Å². The molecule has 0 saturated heterocycles. The molecule has 3 rings (SSSR count). The molecular weight excluding hydrogens is 318 g/mol. The first-order valence-corrected chi connectivity index (χ1v) is 7.24. The molecule has 2 aromatic carbocycles. The average molecular weight is 332 g/mol. The summed E-state index contributed by atoms with van der Waals surface area (Å²) in [7, 11) is 0. The lowest BCUT2D eigenvalue weighted by Gasteiger charge is -2.12.